The van der Waals surface area contributed by atoms with Crippen molar-refractivity contribution in [2.75, 3.05) is 0 Å². The van der Waals surface area contributed by atoms with E-state index in [0.29, 0.717) is 24.5 Å². The summed E-state index contributed by atoms with van der Waals surface area (Å²) < 4.78 is 13.8. The fourth-order valence-corrected chi connectivity index (χ4v) is 2.62. The third kappa shape index (κ3) is 2.89. The van der Waals surface area contributed by atoms with E-state index in [1.165, 1.54) is 17.4 Å². The third-order valence-electron chi connectivity index (χ3n) is 2.82. The number of thiophene rings is 1. The number of benzene rings is 1. The molecule has 20 heavy (non-hydrogen) atoms. The Bertz CT molecular complexity index is 666. The number of aromatic nitrogens is 4. The van der Waals surface area contributed by atoms with Gasteiger partial charge in [0.2, 0.25) is 0 Å². The number of tetrazole rings is 1. The second-order valence-corrected chi connectivity index (χ2v) is 5.17. The standard InChI is InChI=1S/C13H12FN5S/c14-11-4-3-9(6-10(11)12-2-1-5-20-12)7-15-8-13-16-18-19-17-13/h1-6,15H,7-8H2,(H,16,17,18,19). The van der Waals surface area contributed by atoms with Gasteiger partial charge in [-0.3, -0.25) is 0 Å². The lowest BCUT2D eigenvalue weighted by atomic mass is 10.1. The molecular weight excluding hydrogens is 277 g/mol. The van der Waals surface area contributed by atoms with Crippen LogP contribution in [-0.4, -0.2) is 20.6 Å². The number of halogens is 1. The van der Waals surface area contributed by atoms with Crippen LogP contribution >= 0.6 is 11.3 Å². The Balaban J connectivity index is 1.69. The number of nitrogens with one attached hydrogen (secondary N) is 2. The molecule has 102 valence electrons. The Morgan fingerprint density at radius 1 is 1.25 bits per heavy atom. The van der Waals surface area contributed by atoms with Crippen LogP contribution in [0.15, 0.2) is 35.7 Å². The van der Waals surface area contributed by atoms with Gasteiger partial charge in [0.1, 0.15) is 5.82 Å². The van der Waals surface area contributed by atoms with Gasteiger partial charge in [-0.15, -0.1) is 21.5 Å². The van der Waals surface area contributed by atoms with Gasteiger partial charge < -0.3 is 5.32 Å². The van der Waals surface area contributed by atoms with Gasteiger partial charge in [-0.2, -0.15) is 5.21 Å². The maximum absolute atomic E-state index is 13.8. The zero-order valence-corrected chi connectivity index (χ0v) is 11.3. The Kier molecular flexibility index (Phi) is 3.80. The summed E-state index contributed by atoms with van der Waals surface area (Å²) in [6, 6.07) is 8.97. The number of nitrogens with zero attached hydrogens (tertiary/aromatic N) is 3. The van der Waals surface area contributed by atoms with Crippen LogP contribution < -0.4 is 5.32 Å². The van der Waals surface area contributed by atoms with Crippen molar-refractivity contribution in [2.45, 2.75) is 13.1 Å². The van der Waals surface area contributed by atoms with Gasteiger partial charge in [0.15, 0.2) is 5.82 Å². The average molecular weight is 289 g/mol. The first-order chi connectivity index (χ1) is 9.83. The molecule has 0 saturated carbocycles. The summed E-state index contributed by atoms with van der Waals surface area (Å²) in [4.78, 5) is 0.933. The van der Waals surface area contributed by atoms with Crippen LogP contribution in [0.1, 0.15) is 11.4 Å². The van der Waals surface area contributed by atoms with Crippen molar-refractivity contribution in [3.8, 4) is 10.4 Å². The van der Waals surface area contributed by atoms with Crippen LogP contribution in [0.4, 0.5) is 4.39 Å². The molecule has 3 aromatic rings. The molecule has 5 nitrogen and oxygen atoms in total. The fraction of sp³-hybridized carbons (Fsp3) is 0.154. The summed E-state index contributed by atoms with van der Waals surface area (Å²) >= 11 is 1.53. The molecule has 2 aromatic heterocycles. The predicted molar refractivity (Wildman–Crippen MR) is 74.4 cm³/mol. The second kappa shape index (κ2) is 5.89. The van der Waals surface area contributed by atoms with Crippen LogP contribution in [0.3, 0.4) is 0 Å². The van der Waals surface area contributed by atoms with E-state index in [4.69, 9.17) is 0 Å². The highest BCUT2D eigenvalue weighted by Gasteiger charge is 2.07. The first-order valence-electron chi connectivity index (χ1n) is 6.08. The number of aromatic amines is 1. The molecule has 0 atom stereocenters. The largest absolute Gasteiger partial charge is 0.306 e. The fourth-order valence-electron chi connectivity index (χ4n) is 1.88. The third-order valence-corrected chi connectivity index (χ3v) is 3.72. The summed E-state index contributed by atoms with van der Waals surface area (Å²) in [5, 5.41) is 18.7. The van der Waals surface area contributed by atoms with Crippen LogP contribution in [0.2, 0.25) is 0 Å². The summed E-state index contributed by atoms with van der Waals surface area (Å²) in [7, 11) is 0. The molecule has 1 aromatic carbocycles. The van der Waals surface area contributed by atoms with Crippen LogP contribution in [-0.2, 0) is 13.1 Å². The average Bonchev–Trinajstić information content (AvgIpc) is 3.13. The van der Waals surface area contributed by atoms with E-state index in [1.807, 2.05) is 23.6 Å². The Morgan fingerprint density at radius 2 is 2.20 bits per heavy atom. The van der Waals surface area contributed by atoms with E-state index < -0.39 is 0 Å². The Morgan fingerprint density at radius 3 is 2.95 bits per heavy atom. The highest BCUT2D eigenvalue weighted by atomic mass is 32.1. The normalized spacial score (nSPS) is 10.8. The molecule has 0 aliphatic heterocycles. The molecule has 0 bridgehead atoms. The molecule has 2 heterocycles. The minimum absolute atomic E-state index is 0.200. The number of H-pyrrole nitrogens is 1. The van der Waals surface area contributed by atoms with Gasteiger partial charge in [0.25, 0.3) is 0 Å². The maximum Gasteiger partial charge on any atom is 0.188 e. The molecule has 0 spiro atoms. The van der Waals surface area contributed by atoms with Gasteiger partial charge in [-0.05, 0) is 29.1 Å². The van der Waals surface area contributed by atoms with Crippen molar-refractivity contribution in [3.63, 3.8) is 0 Å². The number of hydrogen-bond donors (Lipinski definition) is 2. The molecule has 2 N–H and O–H groups in total. The molecule has 0 saturated heterocycles. The zero-order chi connectivity index (χ0) is 13.8. The SMILES string of the molecule is Fc1ccc(CNCc2nn[nH]n2)cc1-c1cccs1. The molecule has 0 fully saturated rings. The molecule has 7 heteroatoms. The van der Waals surface area contributed by atoms with E-state index in [2.05, 4.69) is 25.9 Å². The van der Waals surface area contributed by atoms with Gasteiger partial charge in [0.05, 0.1) is 6.54 Å². The van der Waals surface area contributed by atoms with E-state index >= 15 is 0 Å². The molecule has 0 unspecified atom stereocenters. The second-order valence-electron chi connectivity index (χ2n) is 4.22. The molecule has 3 rings (SSSR count). The number of hydrogen-bond acceptors (Lipinski definition) is 5. The van der Waals surface area contributed by atoms with Crippen molar-refractivity contribution in [1.82, 2.24) is 25.9 Å². The van der Waals surface area contributed by atoms with Crippen molar-refractivity contribution in [1.29, 1.82) is 0 Å². The zero-order valence-electron chi connectivity index (χ0n) is 10.5. The van der Waals surface area contributed by atoms with Gasteiger partial charge in [-0.25, -0.2) is 4.39 Å². The maximum atomic E-state index is 13.8. The van der Waals surface area contributed by atoms with Crippen LogP contribution in [0, 0.1) is 5.82 Å². The summed E-state index contributed by atoms with van der Waals surface area (Å²) in [6.45, 7) is 1.13. The van der Waals surface area contributed by atoms with E-state index in [-0.39, 0.29) is 5.82 Å². The highest BCUT2D eigenvalue weighted by Crippen LogP contribution is 2.28. The van der Waals surface area contributed by atoms with Crippen LogP contribution in [0.5, 0.6) is 0 Å². The van der Waals surface area contributed by atoms with Gasteiger partial charge in [0, 0.05) is 17.0 Å². The van der Waals surface area contributed by atoms with Crippen molar-refractivity contribution < 1.29 is 4.39 Å². The van der Waals surface area contributed by atoms with Crippen molar-refractivity contribution >= 4 is 11.3 Å². The lowest BCUT2D eigenvalue weighted by Crippen LogP contribution is -2.13. The molecule has 0 amide bonds. The van der Waals surface area contributed by atoms with Crippen molar-refractivity contribution in [2.24, 2.45) is 0 Å². The van der Waals surface area contributed by atoms with Gasteiger partial charge in [-0.1, -0.05) is 17.3 Å². The summed E-state index contributed by atoms with van der Waals surface area (Å²) in [5.74, 6) is 0.403. The molecular formula is C13H12FN5S. The summed E-state index contributed by atoms with van der Waals surface area (Å²) in [5.41, 5.74) is 1.65. The van der Waals surface area contributed by atoms with E-state index in [9.17, 15) is 4.39 Å². The lowest BCUT2D eigenvalue weighted by molar-refractivity contribution is 0.627. The van der Waals surface area contributed by atoms with E-state index in [0.717, 1.165) is 10.4 Å². The van der Waals surface area contributed by atoms with Crippen molar-refractivity contribution in [3.05, 3.63) is 52.9 Å². The molecule has 0 aliphatic carbocycles. The van der Waals surface area contributed by atoms with E-state index in [1.54, 1.807) is 6.07 Å². The lowest BCUT2D eigenvalue weighted by Gasteiger charge is -2.06. The Hall–Kier alpha value is -2.12. The number of rotatable bonds is 5. The molecule has 0 radical (unpaired) electrons. The first-order valence-corrected chi connectivity index (χ1v) is 6.96. The molecule has 0 aliphatic rings. The quantitative estimate of drug-likeness (QED) is 0.756. The Labute approximate surface area is 118 Å². The highest BCUT2D eigenvalue weighted by molar-refractivity contribution is 7.13. The predicted octanol–water partition coefficient (Wildman–Crippen LogP) is 2.36. The topological polar surface area (TPSA) is 66.5 Å². The minimum atomic E-state index is -0.200. The van der Waals surface area contributed by atoms with Crippen LogP contribution in [0.25, 0.3) is 10.4 Å². The monoisotopic (exact) mass is 289 g/mol. The minimum Gasteiger partial charge on any atom is -0.306 e. The van der Waals surface area contributed by atoms with Gasteiger partial charge >= 0.3 is 0 Å². The smallest absolute Gasteiger partial charge is 0.188 e. The first kappa shape index (κ1) is 12.9. The summed E-state index contributed by atoms with van der Waals surface area (Å²) in [6.07, 6.45) is 0.